The lowest BCUT2D eigenvalue weighted by atomic mass is 10.0. The molecule has 158 valence electrons. The summed E-state index contributed by atoms with van der Waals surface area (Å²) < 4.78 is 33.7. The van der Waals surface area contributed by atoms with E-state index in [1.54, 1.807) is 23.1 Å². The van der Waals surface area contributed by atoms with E-state index in [0.29, 0.717) is 24.1 Å². The Labute approximate surface area is 176 Å². The van der Waals surface area contributed by atoms with Crippen LogP contribution in [0.25, 0.3) is 22.1 Å². The van der Waals surface area contributed by atoms with E-state index in [0.717, 1.165) is 18.1 Å². The lowest BCUT2D eigenvalue weighted by Gasteiger charge is -2.15. The molecule has 30 heavy (non-hydrogen) atoms. The fourth-order valence-corrected chi connectivity index (χ4v) is 3.75. The van der Waals surface area contributed by atoms with Crippen molar-refractivity contribution < 1.29 is 18.1 Å². The number of amides is 2. The third-order valence-electron chi connectivity index (χ3n) is 5.07. The molecule has 0 spiro atoms. The van der Waals surface area contributed by atoms with Crippen molar-refractivity contribution in [1.82, 2.24) is 10.1 Å². The first-order chi connectivity index (χ1) is 14.6. The number of carbonyl (C=O) groups excluding carboxylic acids is 1. The van der Waals surface area contributed by atoms with E-state index >= 15 is 0 Å². The summed E-state index contributed by atoms with van der Waals surface area (Å²) in [5, 5.41) is 12.9. The Balaban J connectivity index is 0.000000383. The number of anilines is 1. The number of nitrogens with two attached hydrogens (primary N) is 1. The number of benzene rings is 2. The molecule has 0 radical (unpaired) electrons. The lowest BCUT2D eigenvalue weighted by Crippen LogP contribution is -2.32. The van der Waals surface area contributed by atoms with Gasteiger partial charge in [0.05, 0.1) is 10.9 Å². The number of likely N-dealkylation sites (tertiary alicyclic amines) is 1. The average molecular weight is 432 g/mol. The Morgan fingerprint density at radius 2 is 1.80 bits per heavy atom. The molecule has 6 nitrogen and oxygen atoms in total. The molecule has 3 aromatic rings. The van der Waals surface area contributed by atoms with E-state index in [9.17, 15) is 13.6 Å². The van der Waals surface area contributed by atoms with Crippen LogP contribution in [0, 0.1) is 11.6 Å². The number of nitrogens with one attached hydrogen (secondary N) is 1. The van der Waals surface area contributed by atoms with Gasteiger partial charge in [-0.2, -0.15) is 0 Å². The van der Waals surface area contributed by atoms with Gasteiger partial charge in [-0.1, -0.05) is 35.3 Å². The van der Waals surface area contributed by atoms with Crippen LogP contribution in [-0.2, 0) is 0 Å². The summed E-state index contributed by atoms with van der Waals surface area (Å²) in [4.78, 5) is 14.0. The minimum absolute atomic E-state index is 0.158. The number of nitrogens with zero attached hydrogens (tertiary/aromatic N) is 2. The molecule has 1 aromatic heterocycles. The normalized spacial score (nSPS) is 15.8. The average Bonchev–Trinajstić information content (AvgIpc) is 3.25. The van der Waals surface area contributed by atoms with Crippen LogP contribution < -0.4 is 10.5 Å². The van der Waals surface area contributed by atoms with E-state index in [-0.39, 0.29) is 23.0 Å². The van der Waals surface area contributed by atoms with E-state index < -0.39 is 11.6 Å². The number of halogens is 2. The van der Waals surface area contributed by atoms with Gasteiger partial charge in [0.1, 0.15) is 11.6 Å². The highest BCUT2D eigenvalue weighted by Gasteiger charge is 2.23. The quantitative estimate of drug-likeness (QED) is 0.559. The highest BCUT2D eigenvalue weighted by Crippen LogP contribution is 2.36. The van der Waals surface area contributed by atoms with Crippen molar-refractivity contribution in [1.29, 1.82) is 0 Å². The van der Waals surface area contributed by atoms with Gasteiger partial charge in [-0.3, -0.25) is 10.5 Å². The van der Waals surface area contributed by atoms with Crippen LogP contribution in [0.4, 0.5) is 19.4 Å². The molecule has 2 heterocycles. The zero-order valence-corrected chi connectivity index (χ0v) is 17.1. The Bertz CT molecular complexity index is 1030. The zero-order valence-electron chi connectivity index (χ0n) is 16.2. The lowest BCUT2D eigenvalue weighted by molar-refractivity contribution is 0.222. The van der Waals surface area contributed by atoms with Gasteiger partial charge in [0.25, 0.3) is 0 Å². The largest absolute Gasteiger partial charge is 0.354 e. The van der Waals surface area contributed by atoms with Crippen LogP contribution >= 0.6 is 11.9 Å². The van der Waals surface area contributed by atoms with Crippen LogP contribution in [-0.4, -0.2) is 34.4 Å². The maximum Gasteiger partial charge on any atom is 0.323 e. The first-order valence-corrected chi connectivity index (χ1v) is 10.8. The fraction of sp³-hybridized carbons (Fsp3) is 0.333. The number of urea groups is 1. The monoisotopic (exact) mass is 432 g/mol. The Morgan fingerprint density at radius 1 is 1.13 bits per heavy atom. The Morgan fingerprint density at radius 3 is 2.40 bits per heavy atom. The second-order valence-electron chi connectivity index (χ2n) is 7.27. The van der Waals surface area contributed by atoms with E-state index in [1.165, 1.54) is 43.0 Å². The van der Waals surface area contributed by atoms with Crippen molar-refractivity contribution >= 4 is 34.8 Å². The second kappa shape index (κ2) is 9.01. The number of carbonyl (C=O) groups is 1. The first kappa shape index (κ1) is 20.6. The third kappa shape index (κ3) is 4.41. The van der Waals surface area contributed by atoms with E-state index in [2.05, 4.69) is 10.5 Å². The minimum Gasteiger partial charge on any atom is -0.354 e. The fourth-order valence-electron chi connectivity index (χ4n) is 3.35. The Hall–Kier alpha value is -2.65. The maximum absolute atomic E-state index is 14.2. The standard InChI is InChI=1S/C18H15F2N3O2.C3H7NS/c19-12-6-4-7-13(20)15(12)11-5-3-8-14-16(11)17(22-25-14)21-18(24)23-9-1-2-10-23;4-5-3-1-2-3/h3-8H,1-2,9-10H2,(H,21,22,24);3H,1-2,4H2. The number of rotatable bonds is 3. The predicted molar refractivity (Wildman–Crippen MR) is 114 cm³/mol. The van der Waals surface area contributed by atoms with Crippen LogP contribution in [0.2, 0.25) is 0 Å². The zero-order chi connectivity index (χ0) is 21.1. The first-order valence-electron chi connectivity index (χ1n) is 9.82. The molecular weight excluding hydrogens is 410 g/mol. The summed E-state index contributed by atoms with van der Waals surface area (Å²) >= 11 is 1.49. The van der Waals surface area contributed by atoms with Gasteiger partial charge in [-0.05, 0) is 43.9 Å². The molecule has 1 aliphatic carbocycles. The van der Waals surface area contributed by atoms with Gasteiger partial charge < -0.3 is 9.42 Å². The summed E-state index contributed by atoms with van der Waals surface area (Å²) in [7, 11) is 0. The predicted octanol–water partition coefficient (Wildman–Crippen LogP) is 5.16. The third-order valence-corrected chi connectivity index (χ3v) is 5.92. The number of fused-ring (bicyclic) bond motifs is 1. The van der Waals surface area contributed by atoms with Gasteiger partial charge >= 0.3 is 6.03 Å². The molecule has 1 saturated carbocycles. The van der Waals surface area contributed by atoms with Crippen LogP contribution in [0.15, 0.2) is 40.9 Å². The molecule has 1 aliphatic heterocycles. The summed E-state index contributed by atoms with van der Waals surface area (Å²) in [5.41, 5.74) is 0.455. The Kier molecular flexibility index (Phi) is 6.19. The van der Waals surface area contributed by atoms with Crippen molar-refractivity contribution in [2.24, 2.45) is 5.14 Å². The number of aromatic nitrogens is 1. The van der Waals surface area contributed by atoms with Gasteiger partial charge in [0, 0.05) is 23.9 Å². The molecule has 9 heteroatoms. The molecule has 2 amide bonds. The second-order valence-corrected chi connectivity index (χ2v) is 8.21. The minimum atomic E-state index is -0.689. The van der Waals surface area contributed by atoms with Gasteiger partial charge in [-0.25, -0.2) is 13.6 Å². The molecule has 1 saturated heterocycles. The molecule has 3 N–H and O–H groups in total. The molecule has 5 rings (SSSR count). The number of hydrogen-bond donors (Lipinski definition) is 2. The summed E-state index contributed by atoms with van der Waals surface area (Å²) in [6.45, 7) is 1.35. The van der Waals surface area contributed by atoms with Gasteiger partial charge in [0.15, 0.2) is 11.4 Å². The van der Waals surface area contributed by atoms with Crippen molar-refractivity contribution in [3.05, 3.63) is 48.0 Å². The topological polar surface area (TPSA) is 84.4 Å². The molecule has 0 unspecified atom stereocenters. The van der Waals surface area contributed by atoms with Crippen molar-refractivity contribution in [2.75, 3.05) is 18.4 Å². The molecule has 2 aromatic carbocycles. The molecule has 2 aliphatic rings. The molecular formula is C21H22F2N4O2S. The molecule has 0 bridgehead atoms. The number of hydrogen-bond acceptors (Lipinski definition) is 5. The summed E-state index contributed by atoms with van der Waals surface area (Å²) in [6, 6.07) is 8.22. The van der Waals surface area contributed by atoms with Gasteiger partial charge in [-0.15, -0.1) is 0 Å². The van der Waals surface area contributed by atoms with Crippen LogP contribution in [0.1, 0.15) is 25.7 Å². The van der Waals surface area contributed by atoms with Crippen LogP contribution in [0.3, 0.4) is 0 Å². The van der Waals surface area contributed by atoms with Crippen molar-refractivity contribution in [2.45, 2.75) is 30.9 Å². The van der Waals surface area contributed by atoms with Crippen molar-refractivity contribution in [3.8, 4) is 11.1 Å². The molecule has 0 atom stereocenters. The SMILES string of the molecule is NSC1CC1.O=C(Nc1noc2cccc(-c3c(F)cccc3F)c12)N1CCCC1. The highest BCUT2D eigenvalue weighted by molar-refractivity contribution is 7.97. The summed E-state index contributed by atoms with van der Waals surface area (Å²) in [5.74, 6) is -1.22. The maximum atomic E-state index is 14.2. The molecule has 2 fully saturated rings. The smallest absolute Gasteiger partial charge is 0.323 e. The van der Waals surface area contributed by atoms with Crippen molar-refractivity contribution in [3.63, 3.8) is 0 Å². The van der Waals surface area contributed by atoms with Crippen LogP contribution in [0.5, 0.6) is 0 Å². The van der Waals surface area contributed by atoms with E-state index in [4.69, 9.17) is 9.66 Å². The van der Waals surface area contributed by atoms with E-state index in [1.807, 2.05) is 0 Å². The summed E-state index contributed by atoms with van der Waals surface area (Å²) in [6.07, 6.45) is 4.61. The van der Waals surface area contributed by atoms with Gasteiger partial charge in [0.2, 0.25) is 0 Å². The highest BCUT2D eigenvalue weighted by atomic mass is 32.2.